The Morgan fingerprint density at radius 2 is 1.86 bits per heavy atom. The van der Waals surface area contributed by atoms with E-state index in [0.29, 0.717) is 24.4 Å². The zero-order valence-corrected chi connectivity index (χ0v) is 24.5. The summed E-state index contributed by atoms with van der Waals surface area (Å²) in [6.07, 6.45) is 0.181. The zero-order valence-electron chi connectivity index (χ0n) is 24.5. The van der Waals surface area contributed by atoms with Crippen molar-refractivity contribution < 1.29 is 28.7 Å². The second-order valence-corrected chi connectivity index (χ2v) is 11.0. The topological polar surface area (TPSA) is 200 Å². The van der Waals surface area contributed by atoms with Gasteiger partial charge in [0.05, 0.1) is 13.1 Å². The third kappa shape index (κ3) is 8.97. The monoisotopic (exact) mass is 585 g/mol. The van der Waals surface area contributed by atoms with E-state index in [0.717, 1.165) is 5.56 Å². The van der Waals surface area contributed by atoms with Gasteiger partial charge in [-0.05, 0) is 38.3 Å². The standard InChI is InChI=1S/C27H39N9O6/c1-6-16(2)23(31-21(37)11-12-28-26(41)42-27(3,4)5)25(40)30-15-22(38)36-18-10-8-7-9-17(18)13-19(36)24(39)29-14-20-32-34-35-33-20/h7-10,16,19,23H,6,11-15H2,1-5H3,(H,28,41)(H,29,39)(H,30,40)(H,31,37)(H,32,33,34,35)/t16-,19-,23-/m0/s1. The van der Waals surface area contributed by atoms with E-state index in [1.165, 1.54) is 4.90 Å². The molecule has 0 bridgehead atoms. The van der Waals surface area contributed by atoms with Crippen LogP contribution in [0.15, 0.2) is 24.3 Å². The van der Waals surface area contributed by atoms with Crippen LogP contribution in [-0.2, 0) is 36.9 Å². The number of hydrogen-bond acceptors (Lipinski definition) is 9. The van der Waals surface area contributed by atoms with E-state index in [1.54, 1.807) is 32.9 Å². The minimum Gasteiger partial charge on any atom is -0.444 e. The van der Waals surface area contributed by atoms with Gasteiger partial charge in [0, 0.05) is 25.1 Å². The molecule has 0 saturated heterocycles. The Kier molecular flexibility index (Phi) is 10.9. The first-order valence-electron chi connectivity index (χ1n) is 13.8. The van der Waals surface area contributed by atoms with Crippen molar-refractivity contribution in [1.29, 1.82) is 0 Å². The number of nitrogens with one attached hydrogen (secondary N) is 5. The predicted octanol–water partition coefficient (Wildman–Crippen LogP) is 0.336. The SMILES string of the molecule is CC[C@H](C)[C@H](NC(=O)CCNC(=O)OC(C)(C)C)C(=O)NCC(=O)N1c2ccccc2C[C@H]1C(=O)NCc1nn[nH]n1. The van der Waals surface area contributed by atoms with E-state index in [9.17, 15) is 24.0 Å². The molecule has 0 aliphatic carbocycles. The third-order valence-corrected chi connectivity index (χ3v) is 6.60. The van der Waals surface area contributed by atoms with E-state index >= 15 is 0 Å². The Morgan fingerprint density at radius 1 is 1.12 bits per heavy atom. The van der Waals surface area contributed by atoms with E-state index in [1.807, 2.05) is 26.0 Å². The lowest BCUT2D eigenvalue weighted by molar-refractivity contribution is -0.131. The third-order valence-electron chi connectivity index (χ3n) is 6.60. The van der Waals surface area contributed by atoms with Crippen LogP contribution in [0, 0.1) is 5.92 Å². The molecule has 0 spiro atoms. The Hall–Kier alpha value is -4.56. The smallest absolute Gasteiger partial charge is 0.407 e. The summed E-state index contributed by atoms with van der Waals surface area (Å²) in [6, 6.07) is 5.44. The number of aromatic nitrogens is 4. The largest absolute Gasteiger partial charge is 0.444 e. The summed E-state index contributed by atoms with van der Waals surface area (Å²) >= 11 is 0. The Bertz CT molecular complexity index is 1260. The number of rotatable bonds is 12. The molecule has 15 heteroatoms. The number of alkyl carbamates (subject to hydrolysis) is 1. The molecular formula is C27H39N9O6. The first-order valence-corrected chi connectivity index (χ1v) is 13.8. The molecule has 1 aliphatic heterocycles. The predicted molar refractivity (Wildman–Crippen MR) is 151 cm³/mol. The summed E-state index contributed by atoms with van der Waals surface area (Å²) in [4.78, 5) is 65.4. The van der Waals surface area contributed by atoms with Gasteiger partial charge in [-0.2, -0.15) is 5.21 Å². The maximum atomic E-state index is 13.4. The minimum absolute atomic E-state index is 0.0264. The van der Waals surface area contributed by atoms with Gasteiger partial charge in [0.1, 0.15) is 17.7 Å². The van der Waals surface area contributed by atoms with Gasteiger partial charge in [-0.3, -0.25) is 24.1 Å². The molecule has 1 aromatic carbocycles. The number of aromatic amines is 1. The van der Waals surface area contributed by atoms with Gasteiger partial charge in [0.2, 0.25) is 23.6 Å². The van der Waals surface area contributed by atoms with E-state index in [4.69, 9.17) is 4.74 Å². The van der Waals surface area contributed by atoms with Crippen LogP contribution >= 0.6 is 0 Å². The van der Waals surface area contributed by atoms with Crippen LogP contribution in [0.2, 0.25) is 0 Å². The second-order valence-electron chi connectivity index (χ2n) is 11.0. The average Bonchev–Trinajstić information content (AvgIpc) is 3.60. The maximum absolute atomic E-state index is 13.4. The Morgan fingerprint density at radius 3 is 2.52 bits per heavy atom. The van der Waals surface area contributed by atoms with Crippen LogP contribution in [0.3, 0.4) is 0 Å². The highest BCUT2D eigenvalue weighted by Gasteiger charge is 2.38. The molecular weight excluding hydrogens is 546 g/mol. The molecule has 15 nitrogen and oxygen atoms in total. The highest BCUT2D eigenvalue weighted by molar-refractivity contribution is 6.05. The lowest BCUT2D eigenvalue weighted by atomic mass is 9.98. The van der Waals surface area contributed by atoms with E-state index < -0.39 is 47.4 Å². The van der Waals surface area contributed by atoms with Gasteiger partial charge in [-0.25, -0.2) is 4.79 Å². The fraction of sp³-hybridized carbons (Fsp3) is 0.556. The van der Waals surface area contributed by atoms with E-state index in [2.05, 4.69) is 41.9 Å². The molecule has 5 amide bonds. The molecule has 2 aromatic rings. The van der Waals surface area contributed by atoms with Crippen molar-refractivity contribution in [1.82, 2.24) is 41.9 Å². The number of fused-ring (bicyclic) bond motifs is 1. The van der Waals surface area contributed by atoms with Crippen molar-refractivity contribution in [3.05, 3.63) is 35.7 Å². The number of ether oxygens (including phenoxy) is 1. The summed E-state index contributed by atoms with van der Waals surface area (Å²) in [5.74, 6) is -1.80. The number of para-hydroxylation sites is 1. The van der Waals surface area contributed by atoms with Gasteiger partial charge in [-0.1, -0.05) is 43.7 Å². The molecule has 228 valence electrons. The van der Waals surface area contributed by atoms with Crippen LogP contribution in [0.1, 0.15) is 58.8 Å². The summed E-state index contributed by atoms with van der Waals surface area (Å²) < 4.78 is 5.15. The van der Waals surface area contributed by atoms with Crippen molar-refractivity contribution in [3.8, 4) is 0 Å². The first kappa shape index (κ1) is 32.0. The highest BCUT2D eigenvalue weighted by atomic mass is 16.6. The summed E-state index contributed by atoms with van der Waals surface area (Å²) in [7, 11) is 0. The Labute approximate surface area is 243 Å². The van der Waals surface area contributed by atoms with Crippen LogP contribution in [-0.4, -0.2) is 81.1 Å². The lowest BCUT2D eigenvalue weighted by Gasteiger charge is -2.27. The number of nitrogens with zero attached hydrogens (tertiary/aromatic N) is 4. The van der Waals surface area contributed by atoms with Gasteiger partial charge < -0.3 is 26.0 Å². The number of carbonyl (C=O) groups excluding carboxylic acids is 5. The zero-order chi connectivity index (χ0) is 30.9. The number of hydrogen-bond donors (Lipinski definition) is 5. The van der Waals surface area contributed by atoms with Crippen molar-refractivity contribution in [2.75, 3.05) is 18.0 Å². The normalized spacial score (nSPS) is 15.6. The van der Waals surface area contributed by atoms with Crippen LogP contribution in [0.25, 0.3) is 0 Å². The quantitative estimate of drug-likeness (QED) is 0.233. The Balaban J connectivity index is 1.59. The number of anilines is 1. The molecule has 0 fully saturated rings. The molecule has 0 unspecified atom stereocenters. The highest BCUT2D eigenvalue weighted by Crippen LogP contribution is 2.32. The lowest BCUT2D eigenvalue weighted by Crippen LogP contribution is -2.54. The summed E-state index contributed by atoms with van der Waals surface area (Å²) in [6.45, 7) is 8.56. The number of amides is 5. The summed E-state index contributed by atoms with van der Waals surface area (Å²) in [5.41, 5.74) is 0.738. The molecule has 0 radical (unpaired) electrons. The molecule has 3 rings (SSSR count). The molecule has 0 saturated carbocycles. The molecule has 3 atom stereocenters. The van der Waals surface area contributed by atoms with Crippen molar-refractivity contribution in [2.24, 2.45) is 5.92 Å². The molecule has 1 aliphatic rings. The van der Waals surface area contributed by atoms with Crippen molar-refractivity contribution >= 4 is 35.4 Å². The number of H-pyrrole nitrogens is 1. The number of carbonyl (C=O) groups is 5. The molecule has 42 heavy (non-hydrogen) atoms. The van der Waals surface area contributed by atoms with Crippen LogP contribution < -0.4 is 26.2 Å². The van der Waals surface area contributed by atoms with Crippen molar-refractivity contribution in [3.63, 3.8) is 0 Å². The fourth-order valence-electron chi connectivity index (χ4n) is 4.34. The number of tetrazole rings is 1. The maximum Gasteiger partial charge on any atom is 0.407 e. The first-order chi connectivity index (χ1) is 19.9. The minimum atomic E-state index is -0.906. The average molecular weight is 586 g/mol. The van der Waals surface area contributed by atoms with Gasteiger partial charge in [0.15, 0.2) is 5.82 Å². The number of benzene rings is 1. The van der Waals surface area contributed by atoms with Crippen LogP contribution in [0.4, 0.5) is 10.5 Å². The molecule has 5 N–H and O–H groups in total. The van der Waals surface area contributed by atoms with Gasteiger partial charge in [-0.15, -0.1) is 10.2 Å². The summed E-state index contributed by atoms with van der Waals surface area (Å²) in [5, 5.41) is 23.9. The van der Waals surface area contributed by atoms with E-state index in [-0.39, 0.29) is 32.0 Å². The fourth-order valence-corrected chi connectivity index (χ4v) is 4.34. The molecule has 1 aromatic heterocycles. The van der Waals surface area contributed by atoms with Gasteiger partial charge in [0.25, 0.3) is 0 Å². The van der Waals surface area contributed by atoms with Crippen LogP contribution in [0.5, 0.6) is 0 Å². The second kappa shape index (κ2) is 14.4. The van der Waals surface area contributed by atoms with Crippen molar-refractivity contribution in [2.45, 2.75) is 78.1 Å². The molecule has 2 heterocycles. The van der Waals surface area contributed by atoms with Gasteiger partial charge >= 0.3 is 6.09 Å².